The minimum absolute atomic E-state index is 0.177. The topological polar surface area (TPSA) is 43.1 Å². The second-order valence-corrected chi connectivity index (χ2v) is 5.16. The highest BCUT2D eigenvalue weighted by Gasteiger charge is 1.93. The number of rotatable bonds is 13. The van der Waals surface area contributed by atoms with E-state index in [9.17, 15) is 4.79 Å². The van der Waals surface area contributed by atoms with Gasteiger partial charge in [0.2, 0.25) is 5.91 Å². The largest absolute Gasteiger partial charge is 0.370 e. The monoisotopic (exact) mass is 277 g/mol. The van der Waals surface area contributed by atoms with Crippen LogP contribution in [0.1, 0.15) is 71.1 Å². The molecule has 0 aliphatic rings. The van der Waals surface area contributed by atoms with Crippen LogP contribution in [-0.2, 0) is 4.79 Å². The summed E-state index contributed by atoms with van der Waals surface area (Å²) >= 11 is 0. The average Bonchev–Trinajstić information content (AvgIpc) is 2.43. The van der Waals surface area contributed by atoms with Crippen molar-refractivity contribution in [3.8, 4) is 0 Å². The normalized spacial score (nSPS) is 12.1. The predicted molar refractivity (Wildman–Crippen MR) is 88.5 cm³/mol. The van der Waals surface area contributed by atoms with Crippen LogP contribution in [0.5, 0.6) is 0 Å². The van der Waals surface area contributed by atoms with E-state index in [0.29, 0.717) is 6.42 Å². The van der Waals surface area contributed by atoms with Gasteiger partial charge in [-0.15, -0.1) is 0 Å². The molecule has 114 valence electrons. The molecule has 1 amide bonds. The molecule has 0 unspecified atom stereocenters. The second kappa shape index (κ2) is 15.7. The minimum atomic E-state index is -0.177. The molecule has 2 N–H and O–H groups in total. The first-order chi connectivity index (χ1) is 9.77. The van der Waals surface area contributed by atoms with Crippen LogP contribution in [0.3, 0.4) is 0 Å². The maximum absolute atomic E-state index is 10.5. The molecule has 0 radical (unpaired) electrons. The molecule has 0 aliphatic carbocycles. The van der Waals surface area contributed by atoms with Crippen LogP contribution in [0.2, 0.25) is 0 Å². The summed E-state index contributed by atoms with van der Waals surface area (Å²) in [6.07, 6.45) is 24.0. The van der Waals surface area contributed by atoms with E-state index < -0.39 is 0 Å². The van der Waals surface area contributed by atoms with Crippen LogP contribution in [-0.4, -0.2) is 5.91 Å². The Kier molecular flexibility index (Phi) is 14.7. The number of primary amides is 1. The van der Waals surface area contributed by atoms with Crippen molar-refractivity contribution in [1.29, 1.82) is 0 Å². The van der Waals surface area contributed by atoms with Crippen LogP contribution in [0.25, 0.3) is 0 Å². The minimum Gasteiger partial charge on any atom is -0.370 e. The fraction of sp³-hybridized carbons (Fsp3) is 0.611. The number of carbonyl (C=O) groups excluding carboxylic acids is 1. The lowest BCUT2D eigenvalue weighted by molar-refractivity contribution is -0.118. The van der Waals surface area contributed by atoms with Gasteiger partial charge in [-0.05, 0) is 25.7 Å². The van der Waals surface area contributed by atoms with Gasteiger partial charge in [0.25, 0.3) is 0 Å². The molecule has 0 fully saturated rings. The van der Waals surface area contributed by atoms with Crippen molar-refractivity contribution in [2.45, 2.75) is 71.1 Å². The molecule has 0 heterocycles. The van der Waals surface area contributed by atoms with Gasteiger partial charge in [-0.3, -0.25) is 4.79 Å². The van der Waals surface area contributed by atoms with Crippen molar-refractivity contribution in [1.82, 2.24) is 0 Å². The van der Waals surface area contributed by atoms with E-state index in [1.54, 1.807) is 0 Å². The Labute approximate surface area is 124 Å². The van der Waals surface area contributed by atoms with Gasteiger partial charge in [0, 0.05) is 6.42 Å². The van der Waals surface area contributed by atoms with E-state index in [1.807, 2.05) is 0 Å². The number of allylic oxidation sites excluding steroid dienone is 6. The zero-order valence-corrected chi connectivity index (χ0v) is 13.0. The smallest absolute Gasteiger partial charge is 0.217 e. The predicted octanol–water partition coefficient (Wildman–Crippen LogP) is 5.06. The summed E-state index contributed by atoms with van der Waals surface area (Å²) in [5.74, 6) is -0.177. The van der Waals surface area contributed by atoms with E-state index in [0.717, 1.165) is 19.3 Å². The Morgan fingerprint density at radius 1 is 0.800 bits per heavy atom. The molecular formula is C18H31NO. The van der Waals surface area contributed by atoms with Crippen LogP contribution >= 0.6 is 0 Å². The maximum atomic E-state index is 10.5. The first-order valence-electron chi connectivity index (χ1n) is 8.04. The Hall–Kier alpha value is -1.31. The third-order valence-electron chi connectivity index (χ3n) is 3.12. The Morgan fingerprint density at radius 3 is 1.95 bits per heavy atom. The van der Waals surface area contributed by atoms with Crippen LogP contribution < -0.4 is 5.73 Å². The molecule has 0 aliphatic heterocycles. The lowest BCUT2D eigenvalue weighted by Gasteiger charge is -1.98. The standard InChI is InChI=1S/C18H31NO/c1-2-3-4-5-6-7-8-9-10-11-12-13-14-15-16-17-18(19)20/h5-10H,2-4,11-17H2,1H3,(H2,19,20). The van der Waals surface area contributed by atoms with Gasteiger partial charge >= 0.3 is 0 Å². The van der Waals surface area contributed by atoms with E-state index in [1.165, 1.54) is 38.5 Å². The SMILES string of the molecule is CCCCC=CC=CC=CCCCCCCCC(N)=O. The highest BCUT2D eigenvalue weighted by atomic mass is 16.1. The van der Waals surface area contributed by atoms with E-state index in [4.69, 9.17) is 5.73 Å². The molecular weight excluding hydrogens is 246 g/mol. The fourth-order valence-corrected chi connectivity index (χ4v) is 1.89. The lowest BCUT2D eigenvalue weighted by atomic mass is 10.1. The summed E-state index contributed by atoms with van der Waals surface area (Å²) < 4.78 is 0. The van der Waals surface area contributed by atoms with Gasteiger partial charge in [-0.25, -0.2) is 0 Å². The molecule has 0 spiro atoms. The summed E-state index contributed by atoms with van der Waals surface area (Å²) in [7, 11) is 0. The fourth-order valence-electron chi connectivity index (χ4n) is 1.89. The average molecular weight is 277 g/mol. The molecule has 0 saturated heterocycles. The number of amides is 1. The van der Waals surface area contributed by atoms with Gasteiger partial charge in [0.15, 0.2) is 0 Å². The molecule has 0 atom stereocenters. The zero-order valence-electron chi connectivity index (χ0n) is 13.0. The van der Waals surface area contributed by atoms with Crippen LogP contribution in [0, 0.1) is 0 Å². The van der Waals surface area contributed by atoms with Crippen LogP contribution in [0.15, 0.2) is 36.5 Å². The molecule has 0 aromatic carbocycles. The number of hydrogen-bond acceptors (Lipinski definition) is 1. The molecule has 0 bridgehead atoms. The molecule has 0 saturated carbocycles. The Morgan fingerprint density at radius 2 is 1.35 bits per heavy atom. The highest BCUT2D eigenvalue weighted by Crippen LogP contribution is 2.07. The lowest BCUT2D eigenvalue weighted by Crippen LogP contribution is -2.09. The second-order valence-electron chi connectivity index (χ2n) is 5.16. The molecule has 2 heteroatoms. The first kappa shape index (κ1) is 18.7. The van der Waals surface area contributed by atoms with Crippen molar-refractivity contribution < 1.29 is 4.79 Å². The highest BCUT2D eigenvalue weighted by molar-refractivity contribution is 5.73. The third kappa shape index (κ3) is 16.7. The molecule has 2 nitrogen and oxygen atoms in total. The maximum Gasteiger partial charge on any atom is 0.217 e. The number of nitrogens with two attached hydrogens (primary N) is 1. The van der Waals surface area contributed by atoms with Crippen molar-refractivity contribution >= 4 is 5.91 Å². The summed E-state index contributed by atoms with van der Waals surface area (Å²) in [5.41, 5.74) is 5.09. The van der Waals surface area contributed by atoms with Gasteiger partial charge in [0.05, 0.1) is 0 Å². The zero-order chi connectivity index (χ0) is 14.9. The van der Waals surface area contributed by atoms with Crippen molar-refractivity contribution in [3.05, 3.63) is 36.5 Å². The van der Waals surface area contributed by atoms with Gasteiger partial charge < -0.3 is 5.73 Å². The van der Waals surface area contributed by atoms with Crippen molar-refractivity contribution in [2.75, 3.05) is 0 Å². The van der Waals surface area contributed by atoms with Crippen LogP contribution in [0.4, 0.5) is 0 Å². The Balaban J connectivity index is 3.29. The van der Waals surface area contributed by atoms with Crippen molar-refractivity contribution in [3.63, 3.8) is 0 Å². The van der Waals surface area contributed by atoms with E-state index >= 15 is 0 Å². The molecule has 20 heavy (non-hydrogen) atoms. The van der Waals surface area contributed by atoms with Crippen molar-refractivity contribution in [2.24, 2.45) is 5.73 Å². The third-order valence-corrected chi connectivity index (χ3v) is 3.12. The molecule has 0 aromatic heterocycles. The Bertz CT molecular complexity index is 303. The summed E-state index contributed by atoms with van der Waals surface area (Å²) in [4.78, 5) is 10.5. The number of unbranched alkanes of at least 4 members (excludes halogenated alkanes) is 7. The van der Waals surface area contributed by atoms with Gasteiger partial charge in [-0.1, -0.05) is 75.5 Å². The quantitative estimate of drug-likeness (QED) is 0.371. The summed E-state index contributed by atoms with van der Waals surface area (Å²) in [6, 6.07) is 0. The summed E-state index contributed by atoms with van der Waals surface area (Å²) in [5, 5.41) is 0. The summed E-state index contributed by atoms with van der Waals surface area (Å²) in [6.45, 7) is 2.21. The first-order valence-corrected chi connectivity index (χ1v) is 8.04. The van der Waals surface area contributed by atoms with Gasteiger partial charge in [0.1, 0.15) is 0 Å². The molecule has 0 rings (SSSR count). The number of hydrogen-bond donors (Lipinski definition) is 1. The molecule has 0 aromatic rings. The van der Waals surface area contributed by atoms with E-state index in [-0.39, 0.29) is 5.91 Å². The number of carbonyl (C=O) groups is 1. The van der Waals surface area contributed by atoms with Gasteiger partial charge in [-0.2, -0.15) is 0 Å². The van der Waals surface area contributed by atoms with E-state index in [2.05, 4.69) is 43.4 Å².